The maximum absolute atomic E-state index is 11.8. The number of para-hydroxylation sites is 2. The largest absolute Gasteiger partial charge is 0.349 e. The molecule has 0 radical (unpaired) electrons. The van der Waals surface area contributed by atoms with Gasteiger partial charge in [-0.1, -0.05) is 12.1 Å². The van der Waals surface area contributed by atoms with Gasteiger partial charge < -0.3 is 10.2 Å². The highest BCUT2D eigenvalue weighted by molar-refractivity contribution is 5.93. The molecule has 1 aromatic carbocycles. The second-order valence-corrected chi connectivity index (χ2v) is 4.30. The Labute approximate surface area is 106 Å². The SMILES string of the molecule is CN(C)CCNC(=O)c1cnc2ccccc2n1. The predicted octanol–water partition coefficient (Wildman–Crippen LogP) is 0.921. The van der Waals surface area contributed by atoms with Crippen LogP contribution >= 0.6 is 0 Å². The van der Waals surface area contributed by atoms with E-state index in [9.17, 15) is 4.79 Å². The van der Waals surface area contributed by atoms with Gasteiger partial charge in [-0.25, -0.2) is 4.98 Å². The van der Waals surface area contributed by atoms with Crippen LogP contribution in [0.3, 0.4) is 0 Å². The highest BCUT2D eigenvalue weighted by Gasteiger charge is 2.08. The molecule has 0 spiro atoms. The van der Waals surface area contributed by atoms with Crippen LogP contribution in [0.1, 0.15) is 10.5 Å². The molecule has 0 unspecified atom stereocenters. The van der Waals surface area contributed by atoms with Crippen molar-refractivity contribution in [2.45, 2.75) is 0 Å². The van der Waals surface area contributed by atoms with Gasteiger partial charge in [0.2, 0.25) is 0 Å². The molecular weight excluding hydrogens is 228 g/mol. The third-order valence-electron chi connectivity index (χ3n) is 2.53. The lowest BCUT2D eigenvalue weighted by Gasteiger charge is -2.10. The Morgan fingerprint density at radius 3 is 2.72 bits per heavy atom. The van der Waals surface area contributed by atoms with Crippen molar-refractivity contribution in [3.63, 3.8) is 0 Å². The molecule has 5 heteroatoms. The van der Waals surface area contributed by atoms with Crippen molar-refractivity contribution < 1.29 is 4.79 Å². The van der Waals surface area contributed by atoms with Crippen LogP contribution in [0, 0.1) is 0 Å². The van der Waals surface area contributed by atoms with E-state index in [1.54, 1.807) is 0 Å². The first-order valence-corrected chi connectivity index (χ1v) is 5.81. The van der Waals surface area contributed by atoms with E-state index in [1.165, 1.54) is 6.20 Å². The van der Waals surface area contributed by atoms with E-state index in [0.29, 0.717) is 12.2 Å². The minimum Gasteiger partial charge on any atom is -0.349 e. The normalized spacial score (nSPS) is 10.8. The van der Waals surface area contributed by atoms with Gasteiger partial charge in [0.25, 0.3) is 5.91 Å². The number of rotatable bonds is 4. The summed E-state index contributed by atoms with van der Waals surface area (Å²) in [6.45, 7) is 1.40. The van der Waals surface area contributed by atoms with Crippen LogP contribution in [0.15, 0.2) is 30.5 Å². The number of carbonyl (C=O) groups is 1. The second kappa shape index (κ2) is 5.55. The van der Waals surface area contributed by atoms with Crippen LogP contribution in [0.2, 0.25) is 0 Å². The van der Waals surface area contributed by atoms with Gasteiger partial charge >= 0.3 is 0 Å². The Morgan fingerprint density at radius 1 is 1.28 bits per heavy atom. The van der Waals surface area contributed by atoms with Gasteiger partial charge in [-0.3, -0.25) is 9.78 Å². The number of nitrogens with one attached hydrogen (secondary N) is 1. The quantitative estimate of drug-likeness (QED) is 0.869. The highest BCUT2D eigenvalue weighted by atomic mass is 16.1. The molecular formula is C13H16N4O. The molecule has 2 rings (SSSR count). The van der Waals surface area contributed by atoms with Crippen molar-refractivity contribution in [2.24, 2.45) is 0 Å². The lowest BCUT2D eigenvalue weighted by Crippen LogP contribution is -2.31. The van der Waals surface area contributed by atoms with E-state index >= 15 is 0 Å². The molecule has 0 saturated heterocycles. The van der Waals surface area contributed by atoms with Crippen LogP contribution in [0.5, 0.6) is 0 Å². The number of nitrogens with zero attached hydrogens (tertiary/aromatic N) is 3. The molecule has 0 aliphatic rings. The van der Waals surface area contributed by atoms with E-state index in [-0.39, 0.29) is 5.91 Å². The number of hydrogen-bond donors (Lipinski definition) is 1. The number of hydrogen-bond acceptors (Lipinski definition) is 4. The van der Waals surface area contributed by atoms with Crippen molar-refractivity contribution in [1.29, 1.82) is 0 Å². The summed E-state index contributed by atoms with van der Waals surface area (Å²) in [4.78, 5) is 22.3. The molecule has 2 aromatic rings. The standard InChI is InChI=1S/C13H16N4O/c1-17(2)8-7-14-13(18)12-9-15-10-5-3-4-6-11(10)16-12/h3-6,9H,7-8H2,1-2H3,(H,14,18). The van der Waals surface area contributed by atoms with Gasteiger partial charge in [0, 0.05) is 13.1 Å². The Hall–Kier alpha value is -2.01. The molecule has 1 amide bonds. The molecule has 0 aliphatic heterocycles. The maximum Gasteiger partial charge on any atom is 0.271 e. The van der Waals surface area contributed by atoms with Crippen LogP contribution in [0.4, 0.5) is 0 Å². The molecule has 1 N–H and O–H groups in total. The number of likely N-dealkylation sites (N-methyl/N-ethyl adjacent to an activating group) is 1. The minimum atomic E-state index is -0.185. The first kappa shape index (κ1) is 12.4. The zero-order chi connectivity index (χ0) is 13.0. The first-order valence-electron chi connectivity index (χ1n) is 5.81. The summed E-state index contributed by atoms with van der Waals surface area (Å²) in [6.07, 6.45) is 1.51. The molecule has 0 aliphatic carbocycles. The molecule has 94 valence electrons. The van der Waals surface area contributed by atoms with Gasteiger partial charge in [0.05, 0.1) is 17.2 Å². The molecule has 0 saturated carbocycles. The summed E-state index contributed by atoms with van der Waals surface area (Å²) in [7, 11) is 3.92. The first-order chi connectivity index (χ1) is 8.66. The summed E-state index contributed by atoms with van der Waals surface area (Å²) in [5.74, 6) is -0.185. The van der Waals surface area contributed by atoms with E-state index in [0.717, 1.165) is 17.6 Å². The molecule has 0 bridgehead atoms. The number of fused-ring (bicyclic) bond motifs is 1. The Morgan fingerprint density at radius 2 is 2.00 bits per heavy atom. The molecule has 0 atom stereocenters. The highest BCUT2D eigenvalue weighted by Crippen LogP contribution is 2.08. The summed E-state index contributed by atoms with van der Waals surface area (Å²) >= 11 is 0. The Bertz CT molecular complexity index is 553. The summed E-state index contributed by atoms with van der Waals surface area (Å²) in [5.41, 5.74) is 1.88. The van der Waals surface area contributed by atoms with Crippen molar-refractivity contribution in [3.05, 3.63) is 36.2 Å². The molecule has 0 fully saturated rings. The Kier molecular flexibility index (Phi) is 3.84. The fourth-order valence-corrected chi connectivity index (χ4v) is 1.55. The minimum absolute atomic E-state index is 0.185. The lowest BCUT2D eigenvalue weighted by molar-refractivity contribution is 0.0946. The van der Waals surface area contributed by atoms with E-state index in [2.05, 4.69) is 15.3 Å². The summed E-state index contributed by atoms with van der Waals surface area (Å²) in [6, 6.07) is 7.49. The summed E-state index contributed by atoms with van der Waals surface area (Å²) < 4.78 is 0. The van der Waals surface area contributed by atoms with Crippen molar-refractivity contribution in [2.75, 3.05) is 27.2 Å². The number of aromatic nitrogens is 2. The van der Waals surface area contributed by atoms with Crippen molar-refractivity contribution in [3.8, 4) is 0 Å². The Balaban J connectivity index is 2.08. The van der Waals surface area contributed by atoms with Gasteiger partial charge in [-0.2, -0.15) is 0 Å². The topological polar surface area (TPSA) is 58.1 Å². The molecule has 5 nitrogen and oxygen atoms in total. The lowest BCUT2D eigenvalue weighted by atomic mass is 10.3. The van der Waals surface area contributed by atoms with Gasteiger partial charge in [-0.05, 0) is 26.2 Å². The van der Waals surface area contributed by atoms with Crippen LogP contribution in [-0.4, -0.2) is 48.0 Å². The monoisotopic (exact) mass is 244 g/mol. The van der Waals surface area contributed by atoms with Crippen molar-refractivity contribution in [1.82, 2.24) is 20.2 Å². The van der Waals surface area contributed by atoms with E-state index < -0.39 is 0 Å². The molecule has 1 heterocycles. The third kappa shape index (κ3) is 3.01. The fraction of sp³-hybridized carbons (Fsp3) is 0.308. The third-order valence-corrected chi connectivity index (χ3v) is 2.53. The average Bonchev–Trinajstić information content (AvgIpc) is 2.37. The number of carbonyl (C=O) groups excluding carboxylic acids is 1. The predicted molar refractivity (Wildman–Crippen MR) is 70.4 cm³/mol. The molecule has 1 aromatic heterocycles. The summed E-state index contributed by atoms with van der Waals surface area (Å²) in [5, 5.41) is 2.81. The van der Waals surface area contributed by atoms with Crippen molar-refractivity contribution >= 4 is 16.9 Å². The van der Waals surface area contributed by atoms with Crippen LogP contribution in [0.25, 0.3) is 11.0 Å². The number of amides is 1. The van der Waals surface area contributed by atoms with Gasteiger partial charge in [0.1, 0.15) is 5.69 Å². The van der Waals surface area contributed by atoms with E-state index in [4.69, 9.17) is 0 Å². The van der Waals surface area contributed by atoms with Gasteiger partial charge in [0.15, 0.2) is 0 Å². The second-order valence-electron chi connectivity index (χ2n) is 4.30. The van der Waals surface area contributed by atoms with Gasteiger partial charge in [-0.15, -0.1) is 0 Å². The zero-order valence-electron chi connectivity index (χ0n) is 10.6. The van der Waals surface area contributed by atoms with Crippen LogP contribution < -0.4 is 5.32 Å². The zero-order valence-corrected chi connectivity index (χ0v) is 10.6. The fourth-order valence-electron chi connectivity index (χ4n) is 1.55. The molecule has 18 heavy (non-hydrogen) atoms. The number of benzene rings is 1. The van der Waals surface area contributed by atoms with Crippen LogP contribution in [-0.2, 0) is 0 Å². The maximum atomic E-state index is 11.8. The smallest absolute Gasteiger partial charge is 0.271 e. The van der Waals surface area contributed by atoms with E-state index in [1.807, 2.05) is 43.3 Å². The average molecular weight is 244 g/mol.